The second-order valence-electron chi connectivity index (χ2n) is 6.59. The maximum absolute atomic E-state index is 12.8. The molecule has 0 unspecified atom stereocenters. The normalized spacial score (nSPS) is 10.5. The van der Waals surface area contributed by atoms with Gasteiger partial charge in [0.1, 0.15) is 5.75 Å². The van der Waals surface area contributed by atoms with E-state index in [0.717, 1.165) is 0 Å². The van der Waals surface area contributed by atoms with Crippen molar-refractivity contribution in [2.75, 3.05) is 21.3 Å². The van der Waals surface area contributed by atoms with Gasteiger partial charge >= 0.3 is 0 Å². The highest BCUT2D eigenvalue weighted by atomic mass is 35.5. The molecule has 0 radical (unpaired) electrons. The first kappa shape index (κ1) is 22.2. The van der Waals surface area contributed by atoms with E-state index in [4.69, 9.17) is 25.8 Å². The molecule has 0 saturated carbocycles. The third-order valence-electron chi connectivity index (χ3n) is 4.62. The van der Waals surface area contributed by atoms with Crippen LogP contribution in [0.15, 0.2) is 47.3 Å². The lowest BCUT2D eigenvalue weighted by Gasteiger charge is -2.15. The van der Waals surface area contributed by atoms with Gasteiger partial charge in [-0.3, -0.25) is 9.59 Å². The summed E-state index contributed by atoms with van der Waals surface area (Å²) in [6.07, 6.45) is 0. The van der Waals surface area contributed by atoms with Gasteiger partial charge in [-0.25, -0.2) is 4.68 Å². The molecular weight excluding hydrogens is 422 g/mol. The van der Waals surface area contributed by atoms with Gasteiger partial charge in [-0.2, -0.15) is 5.10 Å². The van der Waals surface area contributed by atoms with Gasteiger partial charge in [-0.1, -0.05) is 11.6 Å². The van der Waals surface area contributed by atoms with Crippen LogP contribution < -0.4 is 25.0 Å². The zero-order valence-corrected chi connectivity index (χ0v) is 18.3. The van der Waals surface area contributed by atoms with Gasteiger partial charge in [0.05, 0.1) is 27.0 Å². The van der Waals surface area contributed by atoms with E-state index >= 15 is 0 Å². The molecule has 0 fully saturated rings. The molecule has 0 bridgehead atoms. The van der Waals surface area contributed by atoms with Gasteiger partial charge in [0.15, 0.2) is 17.2 Å². The second kappa shape index (κ2) is 9.53. The third kappa shape index (κ3) is 4.80. The lowest BCUT2D eigenvalue weighted by atomic mass is 10.1. The first-order chi connectivity index (χ1) is 14.9. The van der Waals surface area contributed by atoms with Crippen LogP contribution in [0.1, 0.15) is 21.7 Å². The Morgan fingerprint density at radius 1 is 1.00 bits per heavy atom. The van der Waals surface area contributed by atoms with E-state index in [0.29, 0.717) is 39.2 Å². The van der Waals surface area contributed by atoms with Crippen molar-refractivity contribution in [3.8, 4) is 22.9 Å². The number of rotatable bonds is 7. The Morgan fingerprint density at radius 2 is 1.61 bits per heavy atom. The molecule has 2 aromatic carbocycles. The first-order valence-corrected chi connectivity index (χ1v) is 9.69. The van der Waals surface area contributed by atoms with E-state index in [1.54, 1.807) is 43.3 Å². The van der Waals surface area contributed by atoms with Crippen LogP contribution in [0.3, 0.4) is 0 Å². The molecule has 3 aromatic rings. The van der Waals surface area contributed by atoms with Crippen LogP contribution in [0.5, 0.6) is 17.2 Å². The molecule has 0 spiro atoms. The molecule has 1 amide bonds. The summed E-state index contributed by atoms with van der Waals surface area (Å²) in [7, 11) is 4.55. The van der Waals surface area contributed by atoms with Gasteiger partial charge in [-0.15, -0.1) is 0 Å². The molecule has 0 aliphatic carbocycles. The van der Waals surface area contributed by atoms with Crippen molar-refractivity contribution in [2.45, 2.75) is 13.5 Å². The maximum Gasteiger partial charge on any atom is 0.276 e. The predicted octanol–water partition coefficient (Wildman–Crippen LogP) is 3.15. The number of amides is 1. The fourth-order valence-corrected chi connectivity index (χ4v) is 3.16. The van der Waals surface area contributed by atoms with Gasteiger partial charge in [0.2, 0.25) is 5.43 Å². The van der Waals surface area contributed by atoms with Crippen molar-refractivity contribution >= 4 is 17.5 Å². The maximum atomic E-state index is 12.8. The topological polar surface area (TPSA) is 91.7 Å². The van der Waals surface area contributed by atoms with Crippen molar-refractivity contribution in [1.29, 1.82) is 0 Å². The van der Waals surface area contributed by atoms with Gasteiger partial charge in [0.25, 0.3) is 5.91 Å². The minimum atomic E-state index is -0.607. The number of nitrogens with one attached hydrogen (secondary N) is 1. The minimum absolute atomic E-state index is 0.0955. The van der Waals surface area contributed by atoms with Crippen LogP contribution in [0.25, 0.3) is 5.69 Å². The van der Waals surface area contributed by atoms with Gasteiger partial charge < -0.3 is 19.5 Å². The Morgan fingerprint density at radius 3 is 2.23 bits per heavy atom. The van der Waals surface area contributed by atoms with Crippen molar-refractivity contribution in [1.82, 2.24) is 15.1 Å². The molecule has 0 aliphatic rings. The SMILES string of the molecule is COc1cc(OC)c(OC)cc1CNC(=O)c1nn(-c2ccc(Cl)cc2)c(C)cc1=O. The molecule has 1 heterocycles. The molecule has 1 aromatic heterocycles. The zero-order chi connectivity index (χ0) is 22.5. The van der Waals surface area contributed by atoms with Crippen molar-refractivity contribution in [2.24, 2.45) is 0 Å². The summed E-state index contributed by atoms with van der Waals surface area (Å²) in [5.74, 6) is 0.893. The summed E-state index contributed by atoms with van der Waals surface area (Å²) < 4.78 is 17.5. The van der Waals surface area contributed by atoms with Gasteiger partial charge in [0, 0.05) is 35.0 Å². The van der Waals surface area contributed by atoms with Crippen molar-refractivity contribution in [3.63, 3.8) is 0 Å². The Kier molecular flexibility index (Phi) is 6.81. The highest BCUT2D eigenvalue weighted by Gasteiger charge is 2.17. The molecule has 0 aliphatic heterocycles. The highest BCUT2D eigenvalue weighted by molar-refractivity contribution is 6.30. The summed E-state index contributed by atoms with van der Waals surface area (Å²) in [5.41, 5.74) is 1.22. The third-order valence-corrected chi connectivity index (χ3v) is 4.87. The molecule has 1 N–H and O–H groups in total. The van der Waals surface area contributed by atoms with E-state index in [9.17, 15) is 9.59 Å². The van der Waals surface area contributed by atoms with E-state index in [2.05, 4.69) is 10.4 Å². The van der Waals surface area contributed by atoms with E-state index in [1.807, 2.05) is 0 Å². The molecule has 0 atom stereocenters. The monoisotopic (exact) mass is 443 g/mol. The van der Waals surface area contributed by atoms with Crippen molar-refractivity contribution in [3.05, 3.63) is 74.7 Å². The molecule has 162 valence electrons. The Bertz CT molecular complexity index is 1160. The lowest BCUT2D eigenvalue weighted by molar-refractivity contribution is 0.0942. The van der Waals surface area contributed by atoms with E-state index in [1.165, 1.54) is 32.1 Å². The number of benzene rings is 2. The average molecular weight is 444 g/mol. The van der Waals surface area contributed by atoms with Crippen LogP contribution in [0, 0.1) is 6.92 Å². The number of halogens is 1. The smallest absolute Gasteiger partial charge is 0.276 e. The summed E-state index contributed by atoms with van der Waals surface area (Å²) in [6.45, 7) is 1.83. The lowest BCUT2D eigenvalue weighted by Crippen LogP contribution is -2.31. The molecular formula is C22H22ClN3O5. The number of nitrogens with zero attached hydrogens (tertiary/aromatic N) is 2. The molecule has 8 nitrogen and oxygen atoms in total. The molecule has 31 heavy (non-hydrogen) atoms. The Hall–Kier alpha value is -3.52. The second-order valence-corrected chi connectivity index (χ2v) is 7.02. The number of hydrogen-bond acceptors (Lipinski definition) is 6. The highest BCUT2D eigenvalue weighted by Crippen LogP contribution is 2.34. The minimum Gasteiger partial charge on any atom is -0.496 e. The number of methoxy groups -OCH3 is 3. The summed E-state index contributed by atoms with van der Waals surface area (Å²) in [6, 6.07) is 11.7. The largest absolute Gasteiger partial charge is 0.496 e. The van der Waals surface area contributed by atoms with Crippen LogP contribution in [0.4, 0.5) is 0 Å². The fraction of sp³-hybridized carbons (Fsp3) is 0.227. The summed E-state index contributed by atoms with van der Waals surface area (Å²) >= 11 is 5.94. The quantitative estimate of drug-likeness (QED) is 0.603. The van der Waals surface area contributed by atoms with Gasteiger partial charge in [-0.05, 0) is 37.3 Å². The number of hydrogen-bond donors (Lipinski definition) is 1. The summed E-state index contributed by atoms with van der Waals surface area (Å²) in [4.78, 5) is 25.2. The number of ether oxygens (including phenoxy) is 3. The summed E-state index contributed by atoms with van der Waals surface area (Å²) in [5, 5.41) is 7.55. The molecule has 0 saturated heterocycles. The molecule has 3 rings (SSSR count). The Balaban J connectivity index is 1.88. The Labute approximate surface area is 184 Å². The number of carbonyl (C=O) groups excluding carboxylic acids is 1. The van der Waals surface area contributed by atoms with Crippen molar-refractivity contribution < 1.29 is 19.0 Å². The van der Waals surface area contributed by atoms with Crippen LogP contribution in [0.2, 0.25) is 5.02 Å². The fourth-order valence-electron chi connectivity index (χ4n) is 3.04. The predicted molar refractivity (Wildman–Crippen MR) is 117 cm³/mol. The first-order valence-electron chi connectivity index (χ1n) is 9.32. The van der Waals surface area contributed by atoms with Crippen LogP contribution in [-0.4, -0.2) is 37.0 Å². The standard InChI is InChI=1S/C22H22ClN3O5/c1-13-9-17(27)21(25-26(13)16-7-5-15(23)6-8-16)22(28)24-12-14-10-19(30-3)20(31-4)11-18(14)29-2/h5-11H,12H2,1-4H3,(H,24,28). The number of carbonyl (C=O) groups is 1. The number of aromatic nitrogens is 2. The van der Waals surface area contributed by atoms with Crippen LogP contribution in [-0.2, 0) is 6.54 Å². The zero-order valence-electron chi connectivity index (χ0n) is 17.6. The number of aryl methyl sites for hydroxylation is 1. The average Bonchev–Trinajstić information content (AvgIpc) is 2.77. The van der Waals surface area contributed by atoms with Crippen LogP contribution >= 0.6 is 11.6 Å². The van der Waals surface area contributed by atoms with E-state index in [-0.39, 0.29) is 12.2 Å². The van der Waals surface area contributed by atoms with E-state index < -0.39 is 11.3 Å². The molecule has 9 heteroatoms.